The molecule has 9 nitrogen and oxygen atoms in total. The third-order valence-corrected chi connectivity index (χ3v) is 3.84. The Morgan fingerprint density at radius 2 is 2.04 bits per heavy atom. The van der Waals surface area contributed by atoms with Crippen LogP contribution in [-0.4, -0.2) is 47.0 Å². The zero-order valence-electron chi connectivity index (χ0n) is 13.8. The summed E-state index contributed by atoms with van der Waals surface area (Å²) in [5.74, 6) is -0.352. The number of aromatic nitrogens is 2. The molecule has 0 aliphatic carbocycles. The molecule has 1 aliphatic heterocycles. The number of piperidine rings is 1. The molecule has 1 aromatic heterocycles. The number of hydrogen-bond acceptors (Lipinski definition) is 7. The van der Waals surface area contributed by atoms with E-state index >= 15 is 0 Å². The molecule has 3 N–H and O–H groups in total. The average molecular weight is 337 g/mol. The largest absolute Gasteiger partial charge is 0.469 e. The number of amides is 1. The second kappa shape index (κ2) is 8.32. The van der Waals surface area contributed by atoms with Crippen molar-refractivity contribution in [2.24, 2.45) is 4.99 Å². The number of carbonyl (C=O) groups is 2. The Labute approximate surface area is 139 Å². The zero-order chi connectivity index (χ0) is 17.5. The molecule has 1 aliphatic rings. The maximum atomic E-state index is 11.9. The van der Waals surface area contributed by atoms with E-state index in [0.29, 0.717) is 17.0 Å². The first-order valence-corrected chi connectivity index (χ1v) is 7.99. The summed E-state index contributed by atoms with van der Waals surface area (Å²) in [6, 6.07) is 1.54. The number of carbonyl (C=O) groups excluding carboxylic acids is 2. The Bertz CT molecular complexity index is 664. The first-order valence-electron chi connectivity index (χ1n) is 7.99. The highest BCUT2D eigenvalue weighted by Crippen LogP contribution is 2.16. The van der Waals surface area contributed by atoms with Crippen LogP contribution in [0.25, 0.3) is 0 Å². The molecule has 24 heavy (non-hydrogen) atoms. The summed E-state index contributed by atoms with van der Waals surface area (Å²) >= 11 is 0. The summed E-state index contributed by atoms with van der Waals surface area (Å²) in [6.45, 7) is 1.71. The number of nitrogen functional groups attached to an aromatic ring is 1. The van der Waals surface area contributed by atoms with Gasteiger partial charge in [0.15, 0.2) is 5.49 Å². The van der Waals surface area contributed by atoms with E-state index in [1.807, 2.05) is 0 Å². The van der Waals surface area contributed by atoms with Crippen LogP contribution in [0.1, 0.15) is 38.5 Å². The lowest BCUT2D eigenvalue weighted by Crippen LogP contribution is -2.33. The summed E-state index contributed by atoms with van der Waals surface area (Å²) in [5.41, 5.74) is 5.74. The molecule has 1 amide bonds. The Morgan fingerprint density at radius 3 is 2.71 bits per heavy atom. The van der Waals surface area contributed by atoms with Crippen molar-refractivity contribution in [2.75, 3.05) is 30.8 Å². The van der Waals surface area contributed by atoms with Gasteiger partial charge in [-0.25, -0.2) is 0 Å². The summed E-state index contributed by atoms with van der Waals surface area (Å²) < 4.78 is 5.10. The normalized spacial score (nSPS) is 15.4. The number of methoxy groups -OCH3 is 1. The van der Waals surface area contributed by atoms with Crippen molar-refractivity contribution in [1.29, 1.82) is 0 Å². The summed E-state index contributed by atoms with van der Waals surface area (Å²) in [5, 5.41) is 9.91. The van der Waals surface area contributed by atoms with E-state index in [4.69, 9.17) is 5.73 Å². The van der Waals surface area contributed by atoms with Crippen molar-refractivity contribution in [3.63, 3.8) is 0 Å². The molecule has 0 unspecified atom stereocenters. The minimum absolute atomic E-state index is 0.0335. The van der Waals surface area contributed by atoms with Crippen LogP contribution >= 0.6 is 0 Å². The molecule has 1 saturated heterocycles. The van der Waals surface area contributed by atoms with Crippen molar-refractivity contribution >= 4 is 23.6 Å². The minimum Gasteiger partial charge on any atom is -0.469 e. The van der Waals surface area contributed by atoms with Crippen LogP contribution in [0.2, 0.25) is 0 Å². The van der Waals surface area contributed by atoms with Gasteiger partial charge in [0.05, 0.1) is 7.11 Å². The van der Waals surface area contributed by atoms with Crippen molar-refractivity contribution < 1.29 is 19.5 Å². The Hall–Kier alpha value is -2.58. The topological polar surface area (TPSA) is 123 Å². The van der Waals surface area contributed by atoms with Crippen LogP contribution in [0.5, 0.6) is 0 Å². The van der Waals surface area contributed by atoms with Gasteiger partial charge in [0.2, 0.25) is 11.9 Å². The monoisotopic (exact) mass is 337 g/mol. The maximum absolute atomic E-state index is 11.9. The molecule has 1 aromatic rings. The van der Waals surface area contributed by atoms with Crippen LogP contribution in [0, 0.1) is 0 Å². The number of nitrogens with two attached hydrogens (primary N) is 1. The fraction of sp³-hybridized carbons (Fsp3) is 0.600. The van der Waals surface area contributed by atoms with E-state index in [1.165, 1.54) is 13.5 Å². The van der Waals surface area contributed by atoms with Crippen LogP contribution in [0.3, 0.4) is 0 Å². The highest BCUT2D eigenvalue weighted by atomic mass is 16.5. The van der Waals surface area contributed by atoms with E-state index in [1.54, 1.807) is 6.07 Å². The highest BCUT2D eigenvalue weighted by molar-refractivity contribution is 5.77. The quantitative estimate of drug-likeness (QED) is 0.591. The Balaban J connectivity index is 2.14. The summed E-state index contributed by atoms with van der Waals surface area (Å²) in [7, 11) is 1.30. The van der Waals surface area contributed by atoms with Crippen molar-refractivity contribution in [1.82, 2.24) is 9.71 Å². The first kappa shape index (κ1) is 17.8. The predicted octanol–water partition coefficient (Wildman–Crippen LogP) is 0.464. The lowest BCUT2D eigenvalue weighted by Gasteiger charge is -2.27. The number of ether oxygens (including phenoxy) is 1. The maximum Gasteiger partial charge on any atom is 0.305 e. The average Bonchev–Trinajstić information content (AvgIpc) is 2.59. The fourth-order valence-electron chi connectivity index (χ4n) is 2.53. The molecule has 0 radical (unpaired) electrons. The fourth-order valence-corrected chi connectivity index (χ4v) is 2.53. The summed E-state index contributed by atoms with van der Waals surface area (Å²) in [6.07, 6.45) is 3.86. The van der Waals surface area contributed by atoms with Crippen molar-refractivity contribution in [2.45, 2.75) is 38.5 Å². The molecular formula is C15H23N5O4. The van der Waals surface area contributed by atoms with Crippen LogP contribution in [-0.2, 0) is 14.3 Å². The Morgan fingerprint density at radius 1 is 1.33 bits per heavy atom. The standard InChI is InChI=1S/C15H23N5O4/c1-24-14(22)7-5-6-13(21)17-12-10-11(18-15(16)20(12)23)19-8-3-2-4-9-19/h10,23H,2-9H2,1H3,(H2,16,18). The third kappa shape index (κ3) is 4.71. The summed E-state index contributed by atoms with van der Waals surface area (Å²) in [4.78, 5) is 33.0. The second-order valence-electron chi connectivity index (χ2n) is 5.63. The lowest BCUT2D eigenvalue weighted by molar-refractivity contribution is -0.140. The molecule has 0 saturated carbocycles. The van der Waals surface area contributed by atoms with Crippen molar-refractivity contribution in [3.8, 4) is 0 Å². The Kier molecular flexibility index (Phi) is 6.16. The lowest BCUT2D eigenvalue weighted by atomic mass is 10.1. The van der Waals surface area contributed by atoms with Gasteiger partial charge in [-0.2, -0.15) is 9.98 Å². The molecule has 132 valence electrons. The van der Waals surface area contributed by atoms with E-state index < -0.39 is 5.91 Å². The molecule has 0 spiro atoms. The van der Waals surface area contributed by atoms with E-state index in [2.05, 4.69) is 19.6 Å². The van der Waals surface area contributed by atoms with Crippen LogP contribution in [0.15, 0.2) is 11.1 Å². The van der Waals surface area contributed by atoms with Gasteiger partial charge in [0.25, 0.3) is 0 Å². The van der Waals surface area contributed by atoms with Crippen LogP contribution < -0.4 is 16.1 Å². The van der Waals surface area contributed by atoms with Crippen LogP contribution in [0.4, 0.5) is 11.8 Å². The van der Waals surface area contributed by atoms with Crippen molar-refractivity contribution in [3.05, 3.63) is 11.6 Å². The molecule has 0 atom stereocenters. The predicted molar refractivity (Wildman–Crippen MR) is 86.3 cm³/mol. The van der Waals surface area contributed by atoms with Gasteiger partial charge in [-0.3, -0.25) is 9.59 Å². The van der Waals surface area contributed by atoms with Gasteiger partial charge in [0, 0.05) is 32.0 Å². The SMILES string of the molecule is COC(=O)CCCC(=O)N=c1cc(N2CCCCC2)nc(N)n1O. The van der Waals surface area contributed by atoms with Gasteiger partial charge < -0.3 is 20.6 Å². The molecular weight excluding hydrogens is 314 g/mol. The molecule has 9 heteroatoms. The zero-order valence-corrected chi connectivity index (χ0v) is 13.8. The molecule has 1 fully saturated rings. The van der Waals surface area contributed by atoms with E-state index in [0.717, 1.165) is 25.9 Å². The smallest absolute Gasteiger partial charge is 0.305 e. The van der Waals surface area contributed by atoms with E-state index in [9.17, 15) is 14.8 Å². The number of rotatable bonds is 5. The molecule has 2 rings (SSSR count). The second-order valence-corrected chi connectivity index (χ2v) is 5.63. The molecule has 2 heterocycles. The van der Waals surface area contributed by atoms with Gasteiger partial charge in [-0.1, -0.05) is 0 Å². The number of hydrogen-bond donors (Lipinski definition) is 2. The molecule has 0 aromatic carbocycles. The highest BCUT2D eigenvalue weighted by Gasteiger charge is 2.15. The third-order valence-electron chi connectivity index (χ3n) is 3.84. The minimum atomic E-state index is -0.447. The van der Waals surface area contributed by atoms with Gasteiger partial charge in [-0.05, 0) is 25.7 Å². The number of esters is 1. The van der Waals surface area contributed by atoms with Gasteiger partial charge >= 0.3 is 5.97 Å². The van der Waals surface area contributed by atoms with E-state index in [-0.39, 0.29) is 30.2 Å². The van der Waals surface area contributed by atoms with Gasteiger partial charge in [-0.15, -0.1) is 4.73 Å². The molecule has 0 bridgehead atoms. The number of anilines is 2. The number of nitrogens with zero attached hydrogens (tertiary/aromatic N) is 4. The van der Waals surface area contributed by atoms with Gasteiger partial charge in [0.1, 0.15) is 5.82 Å². The first-order chi connectivity index (χ1) is 11.5.